The molecule has 0 heterocycles. The Morgan fingerprint density at radius 3 is 1.78 bits per heavy atom. The van der Waals surface area contributed by atoms with Crippen LogP contribution in [0.1, 0.15) is 78.6 Å². The fourth-order valence-corrected chi connectivity index (χ4v) is 2.12. The Labute approximate surface area is 115 Å². The van der Waals surface area contributed by atoms with Gasteiger partial charge in [-0.25, -0.2) is 0 Å². The SMILES string of the molecule is CCCCCCCCCCC(O)C(C)(C)N(C)C. The van der Waals surface area contributed by atoms with Crippen LogP contribution < -0.4 is 0 Å². The minimum Gasteiger partial charge on any atom is -0.391 e. The first kappa shape index (κ1) is 17.9. The van der Waals surface area contributed by atoms with Crippen LogP contribution in [0.2, 0.25) is 0 Å². The summed E-state index contributed by atoms with van der Waals surface area (Å²) in [6.45, 7) is 6.48. The largest absolute Gasteiger partial charge is 0.391 e. The fraction of sp³-hybridized carbons (Fsp3) is 1.00. The predicted molar refractivity (Wildman–Crippen MR) is 81.0 cm³/mol. The molecule has 0 rings (SSSR count). The van der Waals surface area contributed by atoms with Crippen LogP contribution in [0, 0.1) is 0 Å². The van der Waals surface area contributed by atoms with Crippen LogP contribution in [-0.4, -0.2) is 35.7 Å². The zero-order valence-corrected chi connectivity index (χ0v) is 13.3. The van der Waals surface area contributed by atoms with Crippen molar-refractivity contribution >= 4 is 0 Å². The van der Waals surface area contributed by atoms with Crippen LogP contribution in [0.4, 0.5) is 0 Å². The van der Waals surface area contributed by atoms with Gasteiger partial charge in [0.05, 0.1) is 6.10 Å². The lowest BCUT2D eigenvalue weighted by Crippen LogP contribution is -2.48. The first-order valence-electron chi connectivity index (χ1n) is 7.78. The summed E-state index contributed by atoms with van der Waals surface area (Å²) in [7, 11) is 4.08. The maximum atomic E-state index is 10.2. The number of likely N-dealkylation sites (N-methyl/N-ethyl adjacent to an activating group) is 1. The molecule has 18 heavy (non-hydrogen) atoms. The molecule has 2 nitrogen and oxygen atoms in total. The zero-order valence-electron chi connectivity index (χ0n) is 13.3. The van der Waals surface area contributed by atoms with E-state index in [1.807, 2.05) is 14.1 Å². The summed E-state index contributed by atoms with van der Waals surface area (Å²) in [5, 5.41) is 10.2. The van der Waals surface area contributed by atoms with Gasteiger partial charge < -0.3 is 10.0 Å². The van der Waals surface area contributed by atoms with Crippen molar-refractivity contribution in [1.82, 2.24) is 4.90 Å². The molecular formula is C16H35NO. The Balaban J connectivity index is 3.49. The van der Waals surface area contributed by atoms with E-state index in [0.29, 0.717) is 0 Å². The second kappa shape index (κ2) is 9.80. The maximum Gasteiger partial charge on any atom is 0.0718 e. The second-order valence-corrected chi connectivity index (χ2v) is 6.33. The van der Waals surface area contributed by atoms with E-state index < -0.39 is 0 Å². The number of aliphatic hydroxyl groups excluding tert-OH is 1. The summed E-state index contributed by atoms with van der Waals surface area (Å²) in [6.07, 6.45) is 11.3. The first-order chi connectivity index (χ1) is 8.42. The molecule has 0 saturated heterocycles. The average molecular weight is 257 g/mol. The molecule has 0 fully saturated rings. The van der Waals surface area contributed by atoms with E-state index in [1.54, 1.807) is 0 Å². The molecule has 0 aromatic rings. The fourth-order valence-electron chi connectivity index (χ4n) is 2.12. The molecule has 1 N–H and O–H groups in total. The van der Waals surface area contributed by atoms with Crippen LogP contribution in [-0.2, 0) is 0 Å². The van der Waals surface area contributed by atoms with Gasteiger partial charge in [-0.2, -0.15) is 0 Å². The van der Waals surface area contributed by atoms with Crippen LogP contribution in [0.3, 0.4) is 0 Å². The molecule has 0 aliphatic rings. The molecule has 0 amide bonds. The number of hydrogen-bond donors (Lipinski definition) is 1. The lowest BCUT2D eigenvalue weighted by molar-refractivity contribution is 0.0109. The van der Waals surface area contributed by atoms with Crippen molar-refractivity contribution in [2.45, 2.75) is 90.2 Å². The second-order valence-electron chi connectivity index (χ2n) is 6.33. The molecule has 0 radical (unpaired) electrons. The molecule has 0 aliphatic heterocycles. The summed E-state index contributed by atoms with van der Waals surface area (Å²) >= 11 is 0. The van der Waals surface area contributed by atoms with Crippen LogP contribution in [0.25, 0.3) is 0 Å². The van der Waals surface area contributed by atoms with Crippen molar-refractivity contribution < 1.29 is 5.11 Å². The number of nitrogens with zero attached hydrogens (tertiary/aromatic N) is 1. The van der Waals surface area contributed by atoms with Gasteiger partial charge in [0, 0.05) is 5.54 Å². The Bertz CT molecular complexity index is 190. The third kappa shape index (κ3) is 7.38. The zero-order chi connectivity index (χ0) is 14.0. The highest BCUT2D eigenvalue weighted by molar-refractivity contribution is 4.85. The minimum absolute atomic E-state index is 0.110. The summed E-state index contributed by atoms with van der Waals surface area (Å²) in [5.74, 6) is 0. The summed E-state index contributed by atoms with van der Waals surface area (Å²) in [6, 6.07) is 0. The van der Waals surface area contributed by atoms with Crippen molar-refractivity contribution in [3.8, 4) is 0 Å². The van der Waals surface area contributed by atoms with E-state index in [9.17, 15) is 5.11 Å². The molecule has 0 spiro atoms. The number of rotatable bonds is 11. The Morgan fingerprint density at radius 2 is 1.33 bits per heavy atom. The third-order valence-corrected chi connectivity index (χ3v) is 4.30. The van der Waals surface area contributed by atoms with Gasteiger partial charge in [0.1, 0.15) is 0 Å². The normalized spacial score (nSPS) is 14.2. The van der Waals surface area contributed by atoms with Crippen LogP contribution in [0.15, 0.2) is 0 Å². The van der Waals surface area contributed by atoms with Gasteiger partial charge in [0.2, 0.25) is 0 Å². The van der Waals surface area contributed by atoms with E-state index in [0.717, 1.165) is 12.8 Å². The highest BCUT2D eigenvalue weighted by Gasteiger charge is 2.29. The van der Waals surface area contributed by atoms with E-state index in [-0.39, 0.29) is 11.6 Å². The Kier molecular flexibility index (Phi) is 9.76. The van der Waals surface area contributed by atoms with Crippen molar-refractivity contribution in [3.05, 3.63) is 0 Å². The first-order valence-corrected chi connectivity index (χ1v) is 7.78. The molecule has 0 aliphatic carbocycles. The van der Waals surface area contributed by atoms with Crippen molar-refractivity contribution in [2.75, 3.05) is 14.1 Å². The van der Waals surface area contributed by atoms with Crippen LogP contribution >= 0.6 is 0 Å². The predicted octanol–water partition coefficient (Wildman–Crippen LogP) is 4.22. The van der Waals surface area contributed by atoms with E-state index in [1.165, 1.54) is 44.9 Å². The van der Waals surface area contributed by atoms with Gasteiger partial charge in [-0.3, -0.25) is 0 Å². The van der Waals surface area contributed by atoms with Crippen molar-refractivity contribution in [2.24, 2.45) is 0 Å². The lowest BCUT2D eigenvalue weighted by Gasteiger charge is -2.37. The number of unbranched alkanes of at least 4 members (excludes halogenated alkanes) is 7. The Morgan fingerprint density at radius 1 is 0.889 bits per heavy atom. The van der Waals surface area contributed by atoms with Gasteiger partial charge in [-0.15, -0.1) is 0 Å². The molecule has 1 unspecified atom stereocenters. The van der Waals surface area contributed by atoms with Gasteiger partial charge in [0.25, 0.3) is 0 Å². The average Bonchev–Trinajstić information content (AvgIpc) is 2.32. The van der Waals surface area contributed by atoms with E-state index >= 15 is 0 Å². The lowest BCUT2D eigenvalue weighted by atomic mass is 9.91. The molecule has 2 heteroatoms. The molecular weight excluding hydrogens is 222 g/mol. The summed E-state index contributed by atoms with van der Waals surface area (Å²) in [4.78, 5) is 2.11. The maximum absolute atomic E-state index is 10.2. The van der Waals surface area contributed by atoms with Gasteiger partial charge in [-0.1, -0.05) is 58.3 Å². The smallest absolute Gasteiger partial charge is 0.0718 e. The monoisotopic (exact) mass is 257 g/mol. The Hall–Kier alpha value is -0.0800. The highest BCUT2D eigenvalue weighted by atomic mass is 16.3. The van der Waals surface area contributed by atoms with E-state index in [2.05, 4.69) is 25.7 Å². The highest BCUT2D eigenvalue weighted by Crippen LogP contribution is 2.20. The van der Waals surface area contributed by atoms with Gasteiger partial charge >= 0.3 is 0 Å². The molecule has 0 aromatic carbocycles. The van der Waals surface area contributed by atoms with E-state index in [4.69, 9.17) is 0 Å². The molecule has 0 bridgehead atoms. The third-order valence-electron chi connectivity index (χ3n) is 4.30. The minimum atomic E-state index is -0.215. The molecule has 1 atom stereocenters. The topological polar surface area (TPSA) is 23.5 Å². The van der Waals surface area contributed by atoms with Crippen LogP contribution in [0.5, 0.6) is 0 Å². The number of hydrogen-bond acceptors (Lipinski definition) is 2. The summed E-state index contributed by atoms with van der Waals surface area (Å²) in [5.41, 5.74) is -0.110. The number of aliphatic hydroxyl groups is 1. The molecule has 110 valence electrons. The van der Waals surface area contributed by atoms with Crippen molar-refractivity contribution in [3.63, 3.8) is 0 Å². The molecule has 0 aromatic heterocycles. The molecule has 0 saturated carbocycles. The standard InChI is InChI=1S/C16H35NO/c1-6-7-8-9-10-11-12-13-14-15(18)16(2,3)17(4)5/h15,18H,6-14H2,1-5H3. The van der Waals surface area contributed by atoms with Gasteiger partial charge in [0.15, 0.2) is 0 Å². The van der Waals surface area contributed by atoms with Crippen molar-refractivity contribution in [1.29, 1.82) is 0 Å². The summed E-state index contributed by atoms with van der Waals surface area (Å²) < 4.78 is 0. The quantitative estimate of drug-likeness (QED) is 0.560. The van der Waals surface area contributed by atoms with Gasteiger partial charge in [-0.05, 0) is 34.4 Å².